The van der Waals surface area contributed by atoms with E-state index in [1.807, 2.05) is 30.3 Å². The van der Waals surface area contributed by atoms with E-state index in [0.29, 0.717) is 22.3 Å². The summed E-state index contributed by atoms with van der Waals surface area (Å²) in [5.41, 5.74) is 0.851. The Balaban J connectivity index is 1.22. The molecule has 1 fully saturated rings. The van der Waals surface area contributed by atoms with Crippen LogP contribution in [-0.2, 0) is 61.6 Å². The number of ether oxygens (including phenoxy) is 5. The smallest absolute Gasteiger partial charge is 0.411 e. The first-order chi connectivity index (χ1) is 34.9. The van der Waals surface area contributed by atoms with Gasteiger partial charge in [0.1, 0.15) is 45.2 Å². The van der Waals surface area contributed by atoms with Gasteiger partial charge in [-0.2, -0.15) is 0 Å². The molecule has 0 spiro atoms. The van der Waals surface area contributed by atoms with Crippen LogP contribution in [0, 0.1) is 0 Å². The molecule has 5 atom stereocenters. The van der Waals surface area contributed by atoms with Gasteiger partial charge in [-0.25, -0.2) is 19.2 Å². The molecule has 0 radical (unpaired) electrons. The molecule has 1 aliphatic rings. The van der Waals surface area contributed by atoms with Gasteiger partial charge in [0.05, 0.1) is 22.7 Å². The van der Waals surface area contributed by atoms with E-state index in [1.165, 1.54) is 12.1 Å². The third-order valence-corrected chi connectivity index (χ3v) is 12.6. The number of nitrogens with one attached hydrogen (secondary N) is 2. The molecule has 6 aromatic rings. The molecule has 6 aromatic carbocycles. The molecule has 0 aliphatic carbocycles. The number of hydrogen-bond donors (Lipinski definition) is 4. The Bertz CT molecular complexity index is 2720. The molecule has 0 saturated carbocycles. The predicted octanol–water partition coefficient (Wildman–Crippen LogP) is 8.74. The van der Waals surface area contributed by atoms with Crippen molar-refractivity contribution in [3.8, 4) is 5.75 Å². The number of benzene rings is 6. The summed E-state index contributed by atoms with van der Waals surface area (Å²) >= 11 is 13.3. The van der Waals surface area contributed by atoms with E-state index in [1.54, 1.807) is 121 Å². The van der Waals surface area contributed by atoms with Crippen LogP contribution >= 0.6 is 23.2 Å². The van der Waals surface area contributed by atoms with Gasteiger partial charge in [0.2, 0.25) is 0 Å². The van der Waals surface area contributed by atoms with Crippen LogP contribution in [-0.4, -0.2) is 81.5 Å². The second kappa shape index (κ2) is 25.6. The molecule has 0 bridgehead atoms. The number of amides is 3. The summed E-state index contributed by atoms with van der Waals surface area (Å²) in [6.45, 7) is -1.73. The number of nitrogens with zero attached hydrogens (tertiary/aromatic N) is 1. The summed E-state index contributed by atoms with van der Waals surface area (Å²) in [5, 5.41) is 28.5. The number of aliphatic hydroxyl groups excluding tert-OH is 2. The first-order valence-electron chi connectivity index (χ1n) is 23.1. The van der Waals surface area contributed by atoms with Gasteiger partial charge in [0.15, 0.2) is 11.3 Å². The Labute approximate surface area is 426 Å². The molecule has 0 unspecified atom stereocenters. The molecule has 4 N–H and O–H groups in total. The fraction of sp³-hybridized carbons (Fsp3) is 0.255. The summed E-state index contributed by atoms with van der Waals surface area (Å²) in [5.74, 6) is -2.70. The Hall–Kier alpha value is -7.43. The van der Waals surface area contributed by atoms with Gasteiger partial charge in [-0.15, -0.1) is 0 Å². The van der Waals surface area contributed by atoms with Crippen LogP contribution in [0.3, 0.4) is 0 Å². The van der Waals surface area contributed by atoms with Crippen LogP contribution in [0.1, 0.15) is 57.4 Å². The largest absolute Gasteiger partial charge is 0.486 e. The lowest BCUT2D eigenvalue weighted by Crippen LogP contribution is -2.68. The third kappa shape index (κ3) is 13.7. The Morgan fingerprint density at radius 3 is 1.54 bits per heavy atom. The average molecular weight is 1020 g/mol. The van der Waals surface area contributed by atoms with Crippen molar-refractivity contribution >= 4 is 53.2 Å². The Kier molecular flexibility index (Phi) is 18.6. The second-order valence-corrected chi connectivity index (χ2v) is 17.7. The van der Waals surface area contributed by atoms with E-state index >= 15 is 0 Å². The van der Waals surface area contributed by atoms with Crippen molar-refractivity contribution in [2.75, 3.05) is 6.61 Å². The Morgan fingerprint density at radius 2 is 1.06 bits per heavy atom. The van der Waals surface area contributed by atoms with Crippen molar-refractivity contribution in [3.63, 3.8) is 0 Å². The number of aliphatic hydroxyl groups is 2. The molecule has 17 heteroatoms. The highest BCUT2D eigenvalue weighted by Crippen LogP contribution is 2.42. The number of carbonyl (C=O) groups is 5. The summed E-state index contributed by atoms with van der Waals surface area (Å²) in [7, 11) is 0. The molecule has 0 aromatic heterocycles. The van der Waals surface area contributed by atoms with Gasteiger partial charge in [-0.05, 0) is 59.2 Å². The van der Waals surface area contributed by atoms with Crippen molar-refractivity contribution in [2.45, 2.75) is 82.1 Å². The fourth-order valence-electron chi connectivity index (χ4n) is 8.33. The second-order valence-electron chi connectivity index (χ2n) is 16.9. The molecule has 1 aliphatic heterocycles. The van der Waals surface area contributed by atoms with Crippen molar-refractivity contribution in [1.82, 2.24) is 15.5 Å². The average Bonchev–Trinajstić information content (AvgIpc) is 3.80. The standard InChI is InChI=1S/C55H53Cl2N3O12/c56-44-28-42(29-45(57)48(44)68-32-37-16-6-1-7-17-37)50(63)58-46(51(64)69-33-38-18-8-2-9-19-38)30-43-26-27-55(52(65)70-34-39-20-10-3-11-21-39,60(43)54(67)72-36-41-24-14-5-15-25-41)49(62)47(31-61)59-53(66)71-35-40-22-12-4-13-23-40/h1-25,28-29,43,46-47,49,61-62H,26-27,30-36H2,(H,58,63)(H,59,66)/t43-,46+,47-,49+,55-/m1/s1. The van der Waals surface area contributed by atoms with E-state index in [0.717, 1.165) is 10.5 Å². The molecular formula is C55H53Cl2N3O12. The molecule has 72 heavy (non-hydrogen) atoms. The normalized spacial score (nSPS) is 16.3. The summed E-state index contributed by atoms with van der Waals surface area (Å²) in [6, 6.07) is 42.5. The van der Waals surface area contributed by atoms with Crippen molar-refractivity contribution in [2.24, 2.45) is 0 Å². The zero-order chi connectivity index (χ0) is 50.9. The Morgan fingerprint density at radius 1 is 0.611 bits per heavy atom. The zero-order valence-electron chi connectivity index (χ0n) is 38.9. The maximum Gasteiger partial charge on any atom is 0.411 e. The molecule has 1 saturated heterocycles. The van der Waals surface area contributed by atoms with Crippen LogP contribution in [0.15, 0.2) is 164 Å². The van der Waals surface area contributed by atoms with E-state index in [2.05, 4.69) is 10.6 Å². The molecule has 15 nitrogen and oxygen atoms in total. The van der Waals surface area contributed by atoms with Gasteiger partial charge in [-0.3, -0.25) is 9.69 Å². The summed E-state index contributed by atoms with van der Waals surface area (Å²) in [6.07, 6.45) is -5.09. The van der Waals surface area contributed by atoms with Crippen LogP contribution in [0.25, 0.3) is 0 Å². The number of esters is 2. The van der Waals surface area contributed by atoms with E-state index in [-0.39, 0.29) is 67.2 Å². The van der Waals surface area contributed by atoms with Gasteiger partial charge in [-0.1, -0.05) is 175 Å². The number of hydrogen-bond acceptors (Lipinski definition) is 12. The quantitative estimate of drug-likeness (QED) is 0.0396. The van der Waals surface area contributed by atoms with Gasteiger partial charge in [0.25, 0.3) is 5.91 Å². The lowest BCUT2D eigenvalue weighted by Gasteiger charge is -2.43. The van der Waals surface area contributed by atoms with E-state index < -0.39 is 72.8 Å². The number of rotatable bonds is 21. The van der Waals surface area contributed by atoms with Crippen LogP contribution in [0.5, 0.6) is 5.75 Å². The first-order valence-corrected chi connectivity index (χ1v) is 23.8. The van der Waals surface area contributed by atoms with E-state index in [9.17, 15) is 34.2 Å². The molecule has 3 amide bonds. The monoisotopic (exact) mass is 1020 g/mol. The third-order valence-electron chi connectivity index (χ3n) is 12.0. The minimum absolute atomic E-state index is 0.0127. The maximum atomic E-state index is 14.9. The maximum absolute atomic E-state index is 14.9. The SMILES string of the molecule is O=C(N[C@H](CO)[C@H](O)[C@@]1(C(=O)OCc2ccccc2)CC[C@H](C[C@H](NC(=O)c2cc(Cl)c(OCc3ccccc3)c(Cl)c2)C(=O)OCc2ccccc2)N1C(=O)OCc1ccccc1)OCc1ccccc1. The lowest BCUT2D eigenvalue weighted by molar-refractivity contribution is -0.168. The highest BCUT2D eigenvalue weighted by atomic mass is 35.5. The molecule has 1 heterocycles. The minimum Gasteiger partial charge on any atom is -0.486 e. The van der Waals surface area contributed by atoms with Crippen molar-refractivity contribution in [3.05, 3.63) is 207 Å². The van der Waals surface area contributed by atoms with Crippen molar-refractivity contribution in [1.29, 1.82) is 0 Å². The zero-order valence-corrected chi connectivity index (χ0v) is 40.5. The van der Waals surface area contributed by atoms with Crippen molar-refractivity contribution < 1.29 is 57.9 Å². The van der Waals surface area contributed by atoms with Gasteiger partial charge >= 0.3 is 24.1 Å². The van der Waals surface area contributed by atoms with E-state index in [4.69, 9.17) is 46.9 Å². The minimum atomic E-state index is -2.40. The lowest BCUT2D eigenvalue weighted by atomic mass is 9.85. The van der Waals surface area contributed by atoms with Gasteiger partial charge < -0.3 is 44.5 Å². The summed E-state index contributed by atoms with van der Waals surface area (Å²) < 4.78 is 28.9. The van der Waals surface area contributed by atoms with Gasteiger partial charge in [0, 0.05) is 11.6 Å². The summed E-state index contributed by atoms with van der Waals surface area (Å²) in [4.78, 5) is 72.6. The number of carbonyl (C=O) groups excluding carboxylic acids is 5. The molecule has 7 rings (SSSR count). The fourth-order valence-corrected chi connectivity index (χ4v) is 8.93. The number of alkyl carbamates (subject to hydrolysis) is 1. The predicted molar refractivity (Wildman–Crippen MR) is 266 cm³/mol. The van der Waals surface area contributed by atoms with Crippen LogP contribution in [0.4, 0.5) is 9.59 Å². The van der Waals surface area contributed by atoms with Crippen LogP contribution < -0.4 is 15.4 Å². The molecule has 374 valence electrons. The highest BCUT2D eigenvalue weighted by molar-refractivity contribution is 6.37. The molecular weight excluding hydrogens is 966 g/mol. The first kappa shape index (κ1) is 52.4. The topological polar surface area (TPSA) is 199 Å². The van der Waals surface area contributed by atoms with Crippen LogP contribution in [0.2, 0.25) is 10.0 Å². The number of halogens is 2. The number of likely N-dealkylation sites (tertiary alicyclic amines) is 1. The highest BCUT2D eigenvalue weighted by Gasteiger charge is 2.62.